The fourth-order valence-corrected chi connectivity index (χ4v) is 1.57. The Labute approximate surface area is 115 Å². The van der Waals surface area contributed by atoms with E-state index in [-0.39, 0.29) is 12.1 Å². The van der Waals surface area contributed by atoms with Gasteiger partial charge in [0.2, 0.25) is 0 Å². The first-order valence-electron chi connectivity index (χ1n) is 6.44. The maximum absolute atomic E-state index is 9.25. The van der Waals surface area contributed by atoms with E-state index in [0.717, 1.165) is 18.7 Å². The van der Waals surface area contributed by atoms with E-state index in [4.69, 9.17) is 10.00 Å². The number of rotatable bonds is 7. The van der Waals surface area contributed by atoms with E-state index in [1.807, 2.05) is 33.0 Å². The van der Waals surface area contributed by atoms with E-state index in [0.29, 0.717) is 12.2 Å². The normalized spacial score (nSPS) is 11.4. The molecule has 104 valence electrons. The van der Waals surface area contributed by atoms with Crippen LogP contribution in [0.3, 0.4) is 0 Å². The van der Waals surface area contributed by atoms with E-state index in [9.17, 15) is 5.11 Å². The number of ether oxygens (including phenoxy) is 1. The number of likely N-dealkylation sites (N-methyl/N-ethyl adjacent to an activating group) is 1. The third-order valence-electron chi connectivity index (χ3n) is 3.29. The number of benzene rings is 1. The molecule has 0 heterocycles. The Hall–Kier alpha value is -1.57. The third kappa shape index (κ3) is 4.90. The molecule has 0 aliphatic rings. The predicted molar refractivity (Wildman–Crippen MR) is 75.1 cm³/mol. The van der Waals surface area contributed by atoms with Gasteiger partial charge >= 0.3 is 0 Å². The Bertz CT molecular complexity index is 438. The minimum absolute atomic E-state index is 0.134. The van der Waals surface area contributed by atoms with Crippen molar-refractivity contribution in [1.82, 2.24) is 4.90 Å². The lowest BCUT2D eigenvalue weighted by atomic mass is 10.1. The fraction of sp³-hybridized carbons (Fsp3) is 0.533. The molecule has 0 amide bonds. The lowest BCUT2D eigenvalue weighted by Crippen LogP contribution is -2.44. The van der Waals surface area contributed by atoms with Crippen LogP contribution in [0.5, 0.6) is 5.75 Å². The lowest BCUT2D eigenvalue weighted by molar-refractivity contribution is 0.0747. The van der Waals surface area contributed by atoms with E-state index < -0.39 is 0 Å². The van der Waals surface area contributed by atoms with E-state index in [1.54, 1.807) is 12.1 Å². The number of nitrogens with zero attached hydrogens (tertiary/aromatic N) is 2. The highest BCUT2D eigenvalue weighted by molar-refractivity contribution is 5.36. The van der Waals surface area contributed by atoms with Gasteiger partial charge in [0.25, 0.3) is 0 Å². The van der Waals surface area contributed by atoms with Gasteiger partial charge in [0.1, 0.15) is 5.75 Å². The molecule has 1 aromatic rings. The molecule has 0 atom stereocenters. The molecular weight excluding hydrogens is 240 g/mol. The van der Waals surface area contributed by atoms with Crippen molar-refractivity contribution in [2.75, 3.05) is 26.8 Å². The molecular formula is C15H22N2O2. The van der Waals surface area contributed by atoms with Gasteiger partial charge in [0, 0.05) is 12.1 Å². The van der Waals surface area contributed by atoms with Crippen molar-refractivity contribution in [3.63, 3.8) is 0 Å². The predicted octanol–water partition coefficient (Wildman–Crippen LogP) is 2.03. The summed E-state index contributed by atoms with van der Waals surface area (Å²) in [5.74, 6) is 0.725. The van der Waals surface area contributed by atoms with Gasteiger partial charge in [-0.15, -0.1) is 0 Å². The fourth-order valence-electron chi connectivity index (χ4n) is 1.57. The van der Waals surface area contributed by atoms with Crippen LogP contribution in [0.2, 0.25) is 0 Å². The molecule has 0 aliphatic carbocycles. The zero-order valence-corrected chi connectivity index (χ0v) is 11.9. The maximum Gasteiger partial charge on any atom is 0.120 e. The second kappa shape index (κ2) is 7.13. The van der Waals surface area contributed by atoms with Crippen molar-refractivity contribution in [3.05, 3.63) is 29.8 Å². The van der Waals surface area contributed by atoms with Crippen molar-refractivity contribution in [3.8, 4) is 11.8 Å². The highest BCUT2D eigenvalue weighted by Gasteiger charge is 2.21. The van der Waals surface area contributed by atoms with Gasteiger partial charge in [-0.1, -0.05) is 6.07 Å². The first-order chi connectivity index (χ1) is 8.99. The first-order valence-corrected chi connectivity index (χ1v) is 6.44. The zero-order chi connectivity index (χ0) is 14.3. The molecule has 0 saturated heterocycles. The number of aliphatic hydroxyl groups is 1. The first kappa shape index (κ1) is 15.5. The van der Waals surface area contributed by atoms with Crippen LogP contribution in [0.25, 0.3) is 0 Å². The van der Waals surface area contributed by atoms with Crippen LogP contribution >= 0.6 is 0 Å². The van der Waals surface area contributed by atoms with Crippen LogP contribution in [0, 0.1) is 11.3 Å². The van der Waals surface area contributed by atoms with Gasteiger partial charge in [-0.25, -0.2) is 0 Å². The third-order valence-corrected chi connectivity index (χ3v) is 3.29. The Morgan fingerprint density at radius 3 is 2.79 bits per heavy atom. The Morgan fingerprint density at radius 2 is 2.16 bits per heavy atom. The molecule has 19 heavy (non-hydrogen) atoms. The summed E-state index contributed by atoms with van der Waals surface area (Å²) in [5.41, 5.74) is 0.400. The standard InChI is InChI=1S/C15H22N2O2/c1-15(2,12-18)17(3)8-5-9-19-14-7-4-6-13(10-14)11-16/h4,6-7,10,18H,5,8-9,12H2,1-3H3. The summed E-state index contributed by atoms with van der Waals surface area (Å²) < 4.78 is 5.60. The van der Waals surface area contributed by atoms with Crippen molar-refractivity contribution < 1.29 is 9.84 Å². The highest BCUT2D eigenvalue weighted by atomic mass is 16.5. The minimum Gasteiger partial charge on any atom is -0.494 e. The summed E-state index contributed by atoms with van der Waals surface area (Å²) >= 11 is 0. The van der Waals surface area contributed by atoms with Crippen LogP contribution in [-0.2, 0) is 0 Å². The number of hydrogen-bond acceptors (Lipinski definition) is 4. The Balaban J connectivity index is 2.33. The van der Waals surface area contributed by atoms with Crippen LogP contribution in [0.1, 0.15) is 25.8 Å². The number of hydrogen-bond donors (Lipinski definition) is 1. The molecule has 0 spiro atoms. The van der Waals surface area contributed by atoms with Gasteiger partial charge in [-0.2, -0.15) is 5.26 Å². The van der Waals surface area contributed by atoms with E-state index in [2.05, 4.69) is 11.0 Å². The van der Waals surface area contributed by atoms with Crippen LogP contribution in [-0.4, -0.2) is 42.4 Å². The lowest BCUT2D eigenvalue weighted by Gasteiger charge is -2.33. The smallest absolute Gasteiger partial charge is 0.120 e. The second-order valence-corrected chi connectivity index (χ2v) is 5.23. The number of aliphatic hydroxyl groups excluding tert-OH is 1. The molecule has 4 heteroatoms. The maximum atomic E-state index is 9.25. The van der Waals surface area contributed by atoms with E-state index >= 15 is 0 Å². The van der Waals surface area contributed by atoms with Crippen molar-refractivity contribution in [2.45, 2.75) is 25.8 Å². The van der Waals surface area contributed by atoms with Crippen molar-refractivity contribution >= 4 is 0 Å². The molecule has 4 nitrogen and oxygen atoms in total. The van der Waals surface area contributed by atoms with Crippen molar-refractivity contribution in [1.29, 1.82) is 5.26 Å². The average molecular weight is 262 g/mol. The molecule has 0 saturated carbocycles. The summed E-state index contributed by atoms with van der Waals surface area (Å²) in [6, 6.07) is 9.24. The Kier molecular flexibility index (Phi) is 5.81. The Morgan fingerprint density at radius 1 is 1.42 bits per heavy atom. The zero-order valence-electron chi connectivity index (χ0n) is 11.9. The molecule has 0 fully saturated rings. The summed E-state index contributed by atoms with van der Waals surface area (Å²) in [5, 5.41) is 18.0. The molecule has 1 N–H and O–H groups in total. The largest absolute Gasteiger partial charge is 0.494 e. The van der Waals surface area contributed by atoms with Gasteiger partial charge in [-0.05, 0) is 45.5 Å². The molecule has 0 unspecified atom stereocenters. The quantitative estimate of drug-likeness (QED) is 0.764. The van der Waals surface area contributed by atoms with Crippen LogP contribution < -0.4 is 4.74 Å². The van der Waals surface area contributed by atoms with Gasteiger partial charge in [0.05, 0.1) is 24.8 Å². The van der Waals surface area contributed by atoms with Crippen LogP contribution in [0.4, 0.5) is 0 Å². The summed E-state index contributed by atoms with van der Waals surface area (Å²) in [6.07, 6.45) is 0.872. The minimum atomic E-state index is -0.208. The number of nitriles is 1. The molecule has 1 rings (SSSR count). The monoisotopic (exact) mass is 262 g/mol. The topological polar surface area (TPSA) is 56.5 Å². The molecule has 0 aromatic heterocycles. The van der Waals surface area contributed by atoms with E-state index in [1.165, 1.54) is 0 Å². The van der Waals surface area contributed by atoms with Gasteiger partial charge in [-0.3, -0.25) is 4.90 Å². The molecule has 1 aromatic carbocycles. The summed E-state index contributed by atoms with van der Waals surface area (Å²) in [4.78, 5) is 2.11. The van der Waals surface area contributed by atoms with Crippen LogP contribution in [0.15, 0.2) is 24.3 Å². The second-order valence-electron chi connectivity index (χ2n) is 5.23. The molecule has 0 bridgehead atoms. The highest BCUT2D eigenvalue weighted by Crippen LogP contribution is 2.14. The van der Waals surface area contributed by atoms with Crippen molar-refractivity contribution in [2.24, 2.45) is 0 Å². The van der Waals surface area contributed by atoms with Gasteiger partial charge < -0.3 is 9.84 Å². The average Bonchev–Trinajstić information content (AvgIpc) is 2.43. The SMILES string of the molecule is CN(CCCOc1cccc(C#N)c1)C(C)(C)CO. The molecule has 0 radical (unpaired) electrons. The molecule has 0 aliphatic heterocycles. The summed E-state index contributed by atoms with van der Waals surface area (Å²) in [7, 11) is 1.99. The van der Waals surface area contributed by atoms with Gasteiger partial charge in [0.15, 0.2) is 0 Å². The summed E-state index contributed by atoms with van der Waals surface area (Å²) in [6.45, 7) is 5.59.